The summed E-state index contributed by atoms with van der Waals surface area (Å²) in [6, 6.07) is 13.7. The number of halogens is 2. The lowest BCUT2D eigenvalue weighted by Gasteiger charge is -2.32. The highest BCUT2D eigenvalue weighted by molar-refractivity contribution is 5.94. The van der Waals surface area contributed by atoms with Gasteiger partial charge < -0.3 is 9.64 Å². The highest BCUT2D eigenvalue weighted by Gasteiger charge is 2.43. The van der Waals surface area contributed by atoms with E-state index in [1.165, 1.54) is 12.1 Å². The van der Waals surface area contributed by atoms with Gasteiger partial charge in [-0.3, -0.25) is 9.69 Å². The van der Waals surface area contributed by atoms with E-state index in [4.69, 9.17) is 4.74 Å². The van der Waals surface area contributed by atoms with E-state index in [9.17, 15) is 13.6 Å². The van der Waals surface area contributed by atoms with Gasteiger partial charge in [0.25, 0.3) is 5.91 Å². The lowest BCUT2D eigenvalue weighted by molar-refractivity contribution is -0.122. The fraction of sp³-hybridized carbons (Fsp3) is 0.381. The maximum absolute atomic E-state index is 13.5. The highest BCUT2D eigenvalue weighted by atomic mass is 19.2. The molecule has 0 saturated carbocycles. The Morgan fingerprint density at radius 1 is 1.04 bits per heavy atom. The first-order valence-corrected chi connectivity index (χ1v) is 9.14. The number of hydrogen-bond donors (Lipinski definition) is 0. The zero-order chi connectivity index (χ0) is 18.9. The van der Waals surface area contributed by atoms with Crippen molar-refractivity contribution < 1.29 is 18.3 Å². The Balaban J connectivity index is 1.49. The summed E-state index contributed by atoms with van der Waals surface area (Å²) >= 11 is 0. The Morgan fingerprint density at radius 2 is 1.85 bits per heavy atom. The van der Waals surface area contributed by atoms with Crippen molar-refractivity contribution in [1.82, 2.24) is 4.90 Å². The van der Waals surface area contributed by atoms with Crippen LogP contribution in [-0.4, -0.2) is 43.7 Å². The van der Waals surface area contributed by atoms with Crippen LogP contribution in [0.15, 0.2) is 48.5 Å². The summed E-state index contributed by atoms with van der Waals surface area (Å²) < 4.78 is 32.3. The molecule has 0 aromatic heterocycles. The molecule has 1 amide bonds. The van der Waals surface area contributed by atoms with Gasteiger partial charge in [0.15, 0.2) is 11.6 Å². The topological polar surface area (TPSA) is 32.8 Å². The molecule has 2 aliphatic rings. The Bertz CT molecular complexity index is 830. The molecule has 2 aliphatic heterocycles. The minimum absolute atomic E-state index is 0.0304. The molecule has 1 spiro atoms. The standard InChI is InChI=1S/C21H22F2N2O2/c22-18-7-6-16(10-19(18)23)11-24-9-8-21(13-24)14-25(20(26)12-27-15-21)17-4-2-1-3-5-17/h1-7,10H,8-9,11-15H2. The first-order valence-electron chi connectivity index (χ1n) is 9.14. The normalized spacial score (nSPS) is 23.8. The van der Waals surface area contributed by atoms with Crippen molar-refractivity contribution in [2.45, 2.75) is 13.0 Å². The molecule has 2 heterocycles. The van der Waals surface area contributed by atoms with Gasteiger partial charge in [-0.2, -0.15) is 0 Å². The summed E-state index contributed by atoms with van der Waals surface area (Å²) in [6.07, 6.45) is 0.896. The second kappa shape index (κ2) is 7.37. The smallest absolute Gasteiger partial charge is 0.252 e. The summed E-state index contributed by atoms with van der Waals surface area (Å²) in [4.78, 5) is 16.5. The van der Waals surface area contributed by atoms with Crippen molar-refractivity contribution in [3.05, 3.63) is 65.7 Å². The largest absolute Gasteiger partial charge is 0.371 e. The molecule has 4 rings (SSSR count). The van der Waals surface area contributed by atoms with Crippen molar-refractivity contribution in [2.75, 3.05) is 37.7 Å². The molecule has 2 fully saturated rings. The molecule has 2 aromatic carbocycles. The van der Waals surface area contributed by atoms with Gasteiger partial charge >= 0.3 is 0 Å². The third kappa shape index (κ3) is 3.87. The van der Waals surface area contributed by atoms with Gasteiger partial charge in [-0.05, 0) is 42.8 Å². The Hall–Kier alpha value is -2.31. The quantitative estimate of drug-likeness (QED) is 0.829. The van der Waals surface area contributed by atoms with E-state index in [2.05, 4.69) is 4.90 Å². The van der Waals surface area contributed by atoms with Gasteiger partial charge in [-0.1, -0.05) is 24.3 Å². The third-order valence-electron chi connectivity index (χ3n) is 5.40. The fourth-order valence-corrected chi connectivity index (χ4v) is 4.05. The van der Waals surface area contributed by atoms with Crippen LogP contribution in [0, 0.1) is 17.0 Å². The molecule has 1 unspecified atom stereocenters. The van der Waals surface area contributed by atoms with Crippen LogP contribution in [0.4, 0.5) is 14.5 Å². The molecule has 27 heavy (non-hydrogen) atoms. The number of hydrogen-bond acceptors (Lipinski definition) is 3. The number of carbonyl (C=O) groups is 1. The van der Waals surface area contributed by atoms with Crippen molar-refractivity contribution in [3.8, 4) is 0 Å². The van der Waals surface area contributed by atoms with Crippen LogP contribution in [0.25, 0.3) is 0 Å². The van der Waals surface area contributed by atoms with Crippen LogP contribution in [0.5, 0.6) is 0 Å². The number of nitrogens with zero attached hydrogens (tertiary/aromatic N) is 2. The minimum Gasteiger partial charge on any atom is -0.371 e. The van der Waals surface area contributed by atoms with Crippen molar-refractivity contribution >= 4 is 11.6 Å². The molecule has 0 bridgehead atoms. The van der Waals surface area contributed by atoms with Crippen molar-refractivity contribution in [3.63, 3.8) is 0 Å². The van der Waals surface area contributed by atoms with E-state index >= 15 is 0 Å². The lowest BCUT2D eigenvalue weighted by Crippen LogP contribution is -2.42. The van der Waals surface area contributed by atoms with Crippen LogP contribution in [0.1, 0.15) is 12.0 Å². The first kappa shape index (κ1) is 18.1. The second-order valence-corrected chi connectivity index (χ2v) is 7.52. The number of amides is 1. The second-order valence-electron chi connectivity index (χ2n) is 7.52. The molecule has 0 N–H and O–H groups in total. The fourth-order valence-electron chi connectivity index (χ4n) is 4.05. The number of anilines is 1. The predicted octanol–water partition coefficient (Wildman–Crippen LogP) is 3.22. The Kier molecular flexibility index (Phi) is 4.93. The Morgan fingerprint density at radius 3 is 2.63 bits per heavy atom. The van der Waals surface area contributed by atoms with Gasteiger partial charge in [-0.15, -0.1) is 0 Å². The maximum atomic E-state index is 13.5. The van der Waals surface area contributed by atoms with Crippen LogP contribution in [0.3, 0.4) is 0 Å². The number of benzene rings is 2. The van der Waals surface area contributed by atoms with Gasteiger partial charge in [0.2, 0.25) is 0 Å². The molecule has 4 nitrogen and oxygen atoms in total. The van der Waals surface area contributed by atoms with Crippen LogP contribution >= 0.6 is 0 Å². The van der Waals surface area contributed by atoms with Crippen LogP contribution < -0.4 is 4.90 Å². The molecule has 0 aliphatic carbocycles. The average Bonchev–Trinajstić information content (AvgIpc) is 2.98. The predicted molar refractivity (Wildman–Crippen MR) is 98.3 cm³/mol. The summed E-state index contributed by atoms with van der Waals surface area (Å²) in [5.74, 6) is -1.68. The van der Waals surface area contributed by atoms with Gasteiger partial charge in [-0.25, -0.2) is 8.78 Å². The monoisotopic (exact) mass is 372 g/mol. The van der Waals surface area contributed by atoms with Gasteiger partial charge in [0.1, 0.15) is 6.61 Å². The minimum atomic E-state index is -0.828. The van der Waals surface area contributed by atoms with Crippen molar-refractivity contribution in [2.24, 2.45) is 5.41 Å². The molecule has 6 heteroatoms. The molecule has 1 atom stereocenters. The molecule has 2 saturated heterocycles. The summed E-state index contributed by atoms with van der Waals surface area (Å²) in [5, 5.41) is 0. The number of ether oxygens (including phenoxy) is 1. The first-order chi connectivity index (χ1) is 13.0. The maximum Gasteiger partial charge on any atom is 0.252 e. The van der Waals surface area contributed by atoms with E-state index in [1.54, 1.807) is 6.07 Å². The highest BCUT2D eigenvalue weighted by Crippen LogP contribution is 2.36. The van der Waals surface area contributed by atoms with Crippen LogP contribution in [0.2, 0.25) is 0 Å². The molecule has 142 valence electrons. The SMILES string of the molecule is O=C1COCC2(CCN(Cc3ccc(F)c(F)c3)C2)CN1c1ccccc1. The summed E-state index contributed by atoms with van der Waals surface area (Å²) in [7, 11) is 0. The van der Waals surface area contributed by atoms with E-state index in [1.807, 2.05) is 35.2 Å². The summed E-state index contributed by atoms with van der Waals surface area (Å²) in [5.41, 5.74) is 1.48. The van der Waals surface area contributed by atoms with Crippen molar-refractivity contribution in [1.29, 1.82) is 0 Å². The summed E-state index contributed by atoms with van der Waals surface area (Å²) in [6.45, 7) is 3.35. The Labute approximate surface area is 157 Å². The van der Waals surface area contributed by atoms with Gasteiger partial charge in [0, 0.05) is 30.7 Å². The third-order valence-corrected chi connectivity index (χ3v) is 5.40. The number of rotatable bonds is 3. The van der Waals surface area contributed by atoms with E-state index < -0.39 is 11.6 Å². The average molecular weight is 372 g/mol. The zero-order valence-corrected chi connectivity index (χ0v) is 15.0. The lowest BCUT2D eigenvalue weighted by atomic mass is 9.87. The molecule has 0 radical (unpaired) electrons. The van der Waals surface area contributed by atoms with Gasteiger partial charge in [0.05, 0.1) is 6.61 Å². The van der Waals surface area contributed by atoms with Crippen LogP contribution in [-0.2, 0) is 16.1 Å². The number of likely N-dealkylation sites (tertiary alicyclic amines) is 1. The molecule has 2 aromatic rings. The van der Waals surface area contributed by atoms with E-state index in [0.29, 0.717) is 19.7 Å². The molecular formula is C21H22F2N2O2. The van der Waals surface area contributed by atoms with E-state index in [-0.39, 0.29) is 17.9 Å². The number of carbonyl (C=O) groups excluding carboxylic acids is 1. The number of para-hydroxylation sites is 1. The zero-order valence-electron chi connectivity index (χ0n) is 15.0. The molecular weight excluding hydrogens is 350 g/mol. The van der Waals surface area contributed by atoms with E-state index in [0.717, 1.165) is 30.8 Å².